The van der Waals surface area contributed by atoms with E-state index in [9.17, 15) is 13.2 Å². The van der Waals surface area contributed by atoms with Crippen LogP contribution in [0, 0.1) is 13.8 Å². The van der Waals surface area contributed by atoms with Crippen LogP contribution in [-0.2, 0) is 21.2 Å². The molecular formula is C19H21ClN2O3S. The van der Waals surface area contributed by atoms with Gasteiger partial charge in [-0.05, 0) is 73.7 Å². The van der Waals surface area contributed by atoms with Crippen LogP contribution in [-0.4, -0.2) is 20.9 Å². The molecule has 0 aliphatic carbocycles. The molecular weight excluding hydrogens is 372 g/mol. The standard InChI is InChI=1S/C19H21ClN2O3S/c1-12-9-17(21-14(3)23)10-13(2)19(12)26(24,25)22-8-4-5-15-11-16(20)6-7-18(15)22/h6-7,9-11H,4-5,8H2,1-3H3,(H,21,23). The van der Waals surface area contributed by atoms with Crippen LogP contribution < -0.4 is 9.62 Å². The summed E-state index contributed by atoms with van der Waals surface area (Å²) >= 11 is 6.06. The number of hydrogen-bond acceptors (Lipinski definition) is 3. The first-order chi connectivity index (χ1) is 12.2. The monoisotopic (exact) mass is 392 g/mol. The molecule has 0 unspecified atom stereocenters. The van der Waals surface area contributed by atoms with Gasteiger partial charge in [-0.15, -0.1) is 0 Å². The molecule has 0 bridgehead atoms. The Labute approximate surface area is 159 Å². The Morgan fingerprint density at radius 1 is 1.15 bits per heavy atom. The van der Waals surface area contributed by atoms with Crippen molar-refractivity contribution in [2.45, 2.75) is 38.5 Å². The zero-order valence-corrected chi connectivity index (χ0v) is 16.5. The number of amides is 1. The SMILES string of the molecule is CC(=O)Nc1cc(C)c(S(=O)(=O)N2CCCc3cc(Cl)ccc32)c(C)c1. The number of aryl methyl sites for hydroxylation is 3. The highest BCUT2D eigenvalue weighted by atomic mass is 35.5. The fraction of sp³-hybridized carbons (Fsp3) is 0.316. The molecule has 7 heteroatoms. The molecule has 0 saturated heterocycles. The van der Waals surface area contributed by atoms with Gasteiger partial charge in [-0.1, -0.05) is 11.6 Å². The first-order valence-corrected chi connectivity index (χ1v) is 10.2. The molecule has 3 rings (SSSR count). The summed E-state index contributed by atoms with van der Waals surface area (Å²) in [6.45, 7) is 5.35. The third-order valence-corrected chi connectivity index (χ3v) is 6.80. The van der Waals surface area contributed by atoms with E-state index < -0.39 is 10.0 Å². The number of carbonyl (C=O) groups is 1. The minimum atomic E-state index is -3.72. The van der Waals surface area contributed by atoms with Crippen molar-refractivity contribution >= 4 is 38.9 Å². The molecule has 5 nitrogen and oxygen atoms in total. The number of halogens is 1. The van der Waals surface area contributed by atoms with Gasteiger partial charge in [0.05, 0.1) is 10.6 Å². The predicted molar refractivity (Wildman–Crippen MR) is 105 cm³/mol. The first kappa shape index (κ1) is 18.7. The van der Waals surface area contributed by atoms with Crippen molar-refractivity contribution in [3.05, 3.63) is 52.0 Å². The first-order valence-electron chi connectivity index (χ1n) is 8.40. The third kappa shape index (κ3) is 3.44. The number of sulfonamides is 1. The summed E-state index contributed by atoms with van der Waals surface area (Å²) in [5.41, 5.74) is 3.44. The summed E-state index contributed by atoms with van der Waals surface area (Å²) in [4.78, 5) is 11.6. The van der Waals surface area contributed by atoms with E-state index in [1.54, 1.807) is 38.1 Å². The van der Waals surface area contributed by atoms with Crippen LogP contribution in [0.3, 0.4) is 0 Å². The van der Waals surface area contributed by atoms with Crippen molar-refractivity contribution in [1.29, 1.82) is 0 Å². The van der Waals surface area contributed by atoms with Crippen LogP contribution in [0.1, 0.15) is 30.0 Å². The van der Waals surface area contributed by atoms with Gasteiger partial charge in [-0.25, -0.2) is 8.42 Å². The number of benzene rings is 2. The second kappa shape index (κ2) is 6.93. The molecule has 1 amide bonds. The Kier molecular flexibility index (Phi) is 4.99. The molecule has 0 spiro atoms. The Bertz CT molecular complexity index is 963. The van der Waals surface area contributed by atoms with Crippen LogP contribution in [0.15, 0.2) is 35.2 Å². The highest BCUT2D eigenvalue weighted by molar-refractivity contribution is 7.93. The van der Waals surface area contributed by atoms with Gasteiger partial charge < -0.3 is 5.32 Å². The van der Waals surface area contributed by atoms with E-state index in [2.05, 4.69) is 5.32 Å². The van der Waals surface area contributed by atoms with Crippen LogP contribution in [0.5, 0.6) is 0 Å². The number of fused-ring (bicyclic) bond motifs is 1. The molecule has 26 heavy (non-hydrogen) atoms. The highest BCUT2D eigenvalue weighted by Gasteiger charge is 2.31. The lowest BCUT2D eigenvalue weighted by molar-refractivity contribution is -0.114. The Morgan fingerprint density at radius 2 is 1.81 bits per heavy atom. The summed E-state index contributed by atoms with van der Waals surface area (Å²) in [5.74, 6) is -0.193. The number of nitrogens with one attached hydrogen (secondary N) is 1. The summed E-state index contributed by atoms with van der Waals surface area (Å²) in [5, 5.41) is 3.31. The highest BCUT2D eigenvalue weighted by Crippen LogP contribution is 2.36. The minimum Gasteiger partial charge on any atom is -0.326 e. The van der Waals surface area contributed by atoms with Crippen molar-refractivity contribution in [2.24, 2.45) is 0 Å². The smallest absolute Gasteiger partial charge is 0.264 e. The average Bonchev–Trinajstić information content (AvgIpc) is 2.52. The van der Waals surface area contributed by atoms with E-state index in [0.717, 1.165) is 18.4 Å². The summed E-state index contributed by atoms with van der Waals surface area (Å²) in [6.07, 6.45) is 1.55. The van der Waals surface area contributed by atoms with E-state index in [4.69, 9.17) is 11.6 Å². The minimum absolute atomic E-state index is 0.193. The number of hydrogen-bond donors (Lipinski definition) is 1. The van der Waals surface area contributed by atoms with E-state index in [1.807, 2.05) is 6.07 Å². The lowest BCUT2D eigenvalue weighted by Crippen LogP contribution is -2.36. The van der Waals surface area contributed by atoms with Crippen molar-refractivity contribution < 1.29 is 13.2 Å². The lowest BCUT2D eigenvalue weighted by atomic mass is 10.0. The maximum atomic E-state index is 13.4. The molecule has 1 aliphatic rings. The van der Waals surface area contributed by atoms with Gasteiger partial charge in [0.1, 0.15) is 0 Å². The van der Waals surface area contributed by atoms with Gasteiger partial charge in [0.15, 0.2) is 0 Å². The second-order valence-corrected chi connectivity index (χ2v) is 8.81. The Morgan fingerprint density at radius 3 is 2.42 bits per heavy atom. The van der Waals surface area contributed by atoms with Crippen LogP contribution in [0.2, 0.25) is 5.02 Å². The number of rotatable bonds is 3. The van der Waals surface area contributed by atoms with Crippen molar-refractivity contribution in [3.8, 4) is 0 Å². The fourth-order valence-electron chi connectivity index (χ4n) is 3.52. The third-order valence-electron chi connectivity index (χ3n) is 4.45. The molecule has 138 valence electrons. The molecule has 1 N–H and O–H groups in total. The van der Waals surface area contributed by atoms with Gasteiger partial charge in [0.2, 0.25) is 5.91 Å². The van der Waals surface area contributed by atoms with E-state index in [1.165, 1.54) is 11.2 Å². The van der Waals surface area contributed by atoms with Gasteiger partial charge in [-0.3, -0.25) is 9.10 Å². The average molecular weight is 393 g/mol. The van der Waals surface area contributed by atoms with Gasteiger partial charge in [0, 0.05) is 24.2 Å². The number of anilines is 2. The molecule has 1 heterocycles. The molecule has 2 aromatic carbocycles. The van der Waals surface area contributed by atoms with Gasteiger partial charge in [0.25, 0.3) is 10.0 Å². The zero-order chi connectivity index (χ0) is 19.1. The molecule has 2 aromatic rings. The maximum Gasteiger partial charge on any atom is 0.264 e. The van der Waals surface area contributed by atoms with Crippen molar-refractivity contribution in [1.82, 2.24) is 0 Å². The van der Waals surface area contributed by atoms with Crippen LogP contribution >= 0.6 is 11.6 Å². The van der Waals surface area contributed by atoms with Crippen LogP contribution in [0.4, 0.5) is 11.4 Å². The fourth-order valence-corrected chi connectivity index (χ4v) is 5.68. The van der Waals surface area contributed by atoms with Crippen molar-refractivity contribution in [2.75, 3.05) is 16.2 Å². The Balaban J connectivity index is 2.09. The lowest BCUT2D eigenvalue weighted by Gasteiger charge is -2.31. The number of carbonyl (C=O) groups excluding carboxylic acids is 1. The Hall–Kier alpha value is -2.05. The largest absolute Gasteiger partial charge is 0.326 e. The molecule has 0 aromatic heterocycles. The topological polar surface area (TPSA) is 66.5 Å². The summed E-state index contributed by atoms with van der Waals surface area (Å²) in [7, 11) is -3.72. The van der Waals surface area contributed by atoms with E-state index >= 15 is 0 Å². The zero-order valence-electron chi connectivity index (χ0n) is 15.0. The predicted octanol–water partition coefficient (Wildman–Crippen LogP) is 4.06. The van der Waals surface area contributed by atoms with Crippen LogP contribution in [0.25, 0.3) is 0 Å². The van der Waals surface area contributed by atoms with Gasteiger partial charge >= 0.3 is 0 Å². The summed E-state index contributed by atoms with van der Waals surface area (Å²) < 4.78 is 28.3. The molecule has 1 aliphatic heterocycles. The quantitative estimate of drug-likeness (QED) is 0.856. The molecule has 0 radical (unpaired) electrons. The van der Waals surface area contributed by atoms with E-state index in [-0.39, 0.29) is 10.8 Å². The normalized spacial score (nSPS) is 14.1. The molecule has 0 fully saturated rings. The maximum absolute atomic E-state index is 13.4. The number of nitrogens with zero attached hydrogens (tertiary/aromatic N) is 1. The second-order valence-electron chi connectivity index (χ2n) is 6.57. The van der Waals surface area contributed by atoms with E-state index in [0.29, 0.717) is 34.1 Å². The molecule has 0 atom stereocenters. The summed E-state index contributed by atoms with van der Waals surface area (Å²) in [6, 6.07) is 8.69. The van der Waals surface area contributed by atoms with Crippen molar-refractivity contribution in [3.63, 3.8) is 0 Å². The van der Waals surface area contributed by atoms with Gasteiger partial charge in [-0.2, -0.15) is 0 Å². The molecule has 0 saturated carbocycles.